The summed E-state index contributed by atoms with van der Waals surface area (Å²) in [5.74, 6) is 6.90. The summed E-state index contributed by atoms with van der Waals surface area (Å²) in [6.07, 6.45) is 5.99. The molecule has 0 radical (unpaired) electrons. The predicted octanol–water partition coefficient (Wildman–Crippen LogP) is 5.66. The first-order valence-electron chi connectivity index (χ1n) is 18.7. The fourth-order valence-corrected chi connectivity index (χ4v) is 11.7. The zero-order valence-corrected chi connectivity index (χ0v) is 29.6. The molecule has 2 saturated carbocycles. The van der Waals surface area contributed by atoms with Crippen molar-refractivity contribution in [3.63, 3.8) is 0 Å². The molecule has 0 amide bonds. The number of nitrogens with one attached hydrogen (secondary N) is 2. The Morgan fingerprint density at radius 1 is 0.980 bits per heavy atom. The first kappa shape index (κ1) is 34.1. The molecule has 1 aliphatic heterocycles. The number of rotatable bonds is 6. The van der Waals surface area contributed by atoms with Gasteiger partial charge >= 0.3 is 0 Å². The molecule has 8 heteroatoms. The molecule has 3 aromatic rings. The molecule has 268 valence electrons. The van der Waals surface area contributed by atoms with Crippen molar-refractivity contribution < 1.29 is 30.0 Å². The van der Waals surface area contributed by atoms with E-state index in [0.717, 1.165) is 60.9 Å². The second-order valence-electron chi connectivity index (χ2n) is 16.1. The molecule has 8 nitrogen and oxygen atoms in total. The largest absolute Gasteiger partial charge is 0.504 e. The zero-order chi connectivity index (χ0) is 35.5. The molecule has 6 N–H and O–H groups in total. The lowest BCUT2D eigenvalue weighted by atomic mass is 9.35. The Bertz CT molecular complexity index is 1890. The van der Waals surface area contributed by atoms with Crippen LogP contribution in [0.15, 0.2) is 60.7 Å². The van der Waals surface area contributed by atoms with Gasteiger partial charge in [0.1, 0.15) is 5.78 Å². The first-order chi connectivity index (χ1) is 24.6. The minimum atomic E-state index is -1.30. The number of ketones is 1. The molecule has 51 heavy (non-hydrogen) atoms. The standard InChI is InChI=1S/C43H50N2O6/c1-44-24-30-18-31-9-6-14-42-16-15-41(50)23-32(46)20-33(28-12-13-36(47)39(19-28)51-2)27(17-26-7-4-3-5-8-26)10-11-29(25-45-42)40(41)43(31,42)35-22-38(49)37(48)21-34(30)35/h3-5,7-8,12-13,19,21-22,27,29-31,33,40,44-45,47-50H,6,9,14-18,20,23-25H2,1-2H3/t27-,29-,30+,31+,33+,40+,41+,42-,43+/m1/s1. The number of phenols is 3. The first-order valence-corrected chi connectivity index (χ1v) is 18.7. The van der Waals surface area contributed by atoms with Crippen molar-refractivity contribution in [1.82, 2.24) is 10.6 Å². The van der Waals surface area contributed by atoms with Crippen LogP contribution >= 0.6 is 0 Å². The van der Waals surface area contributed by atoms with E-state index in [2.05, 4.69) is 34.6 Å². The van der Waals surface area contributed by atoms with Crippen LogP contribution in [0.3, 0.4) is 0 Å². The van der Waals surface area contributed by atoms with Gasteiger partial charge in [0.2, 0.25) is 0 Å². The van der Waals surface area contributed by atoms with Crippen molar-refractivity contribution in [2.45, 2.75) is 86.2 Å². The van der Waals surface area contributed by atoms with Gasteiger partial charge in [-0.3, -0.25) is 4.79 Å². The smallest absolute Gasteiger partial charge is 0.160 e. The second kappa shape index (κ2) is 12.9. The number of carbonyl (C=O) groups is 1. The molecule has 0 aromatic heterocycles. The number of aromatic hydroxyl groups is 3. The number of aliphatic hydroxyl groups is 1. The average molecular weight is 691 g/mol. The van der Waals surface area contributed by atoms with E-state index in [1.165, 1.54) is 7.11 Å². The predicted molar refractivity (Wildman–Crippen MR) is 195 cm³/mol. The molecule has 3 aromatic carbocycles. The number of piperidine rings is 1. The Hall–Kier alpha value is -4.03. The van der Waals surface area contributed by atoms with Gasteiger partial charge in [0.15, 0.2) is 23.0 Å². The van der Waals surface area contributed by atoms with E-state index in [-0.39, 0.29) is 76.9 Å². The van der Waals surface area contributed by atoms with E-state index < -0.39 is 11.0 Å². The van der Waals surface area contributed by atoms with Crippen molar-refractivity contribution >= 4 is 5.78 Å². The number of ether oxygens (including phenoxy) is 1. The van der Waals surface area contributed by atoms with Crippen molar-refractivity contribution in [1.29, 1.82) is 0 Å². The lowest BCUT2D eigenvalue weighted by Crippen LogP contribution is -2.80. The summed E-state index contributed by atoms with van der Waals surface area (Å²) in [4.78, 5) is 14.6. The van der Waals surface area contributed by atoms with Gasteiger partial charge in [0.05, 0.1) is 12.7 Å². The Morgan fingerprint density at radius 3 is 2.57 bits per heavy atom. The SMILES string of the molecule is CNC[C@@H]1C[C@@H]2CCC[C@]34CC[C@]5(O)CC(=O)C[C@H](c6ccc(O)c(OC)c6)[C@@H](Cc6ccccc6)C#C[C@H](CN3)[C@@H]5[C@@]24c2cc(O)c(O)cc21. The maximum absolute atomic E-state index is 14.6. The summed E-state index contributed by atoms with van der Waals surface area (Å²) in [5, 5.41) is 53.0. The van der Waals surface area contributed by atoms with E-state index in [4.69, 9.17) is 4.74 Å². The van der Waals surface area contributed by atoms with Gasteiger partial charge in [-0.05, 0) is 104 Å². The molecule has 5 aliphatic rings. The number of likely N-dealkylation sites (N-methyl/N-ethyl adjacent to an activating group) is 1. The number of fused-ring (bicyclic) bond motifs is 1. The average Bonchev–Trinajstić information content (AvgIpc) is 3.12. The Labute approximate surface area is 300 Å². The number of Topliss-reactive ketones (excluding diaryl/α,β-unsaturated/α-hetero) is 1. The third-order valence-corrected chi connectivity index (χ3v) is 13.6. The fraction of sp³-hybridized carbons (Fsp3) is 0.512. The maximum Gasteiger partial charge on any atom is 0.160 e. The van der Waals surface area contributed by atoms with E-state index >= 15 is 0 Å². The number of benzene rings is 3. The monoisotopic (exact) mass is 690 g/mol. The molecule has 1 spiro atoms. The molecule has 9 atom stereocenters. The van der Waals surface area contributed by atoms with Gasteiger partial charge in [-0.15, -0.1) is 0 Å². The molecular formula is C43H50N2O6. The van der Waals surface area contributed by atoms with E-state index in [9.17, 15) is 25.2 Å². The summed E-state index contributed by atoms with van der Waals surface area (Å²) in [7, 11) is 3.47. The van der Waals surface area contributed by atoms with Gasteiger partial charge in [-0.25, -0.2) is 0 Å². The van der Waals surface area contributed by atoms with Crippen molar-refractivity contribution in [2.75, 3.05) is 27.2 Å². The maximum atomic E-state index is 14.6. The van der Waals surface area contributed by atoms with E-state index in [0.29, 0.717) is 25.1 Å². The topological polar surface area (TPSA) is 131 Å². The molecule has 0 unspecified atom stereocenters. The van der Waals surface area contributed by atoms with Gasteiger partial charge in [0.25, 0.3) is 0 Å². The van der Waals surface area contributed by atoms with Gasteiger partial charge < -0.3 is 35.8 Å². The Morgan fingerprint density at radius 2 is 1.78 bits per heavy atom. The van der Waals surface area contributed by atoms with Gasteiger partial charge in [0, 0.05) is 60.6 Å². The quantitative estimate of drug-likeness (QED) is 0.144. The Balaban J connectivity index is 1.33. The molecular weight excluding hydrogens is 640 g/mol. The summed E-state index contributed by atoms with van der Waals surface area (Å²) in [6.45, 7) is 1.35. The van der Waals surface area contributed by atoms with Crippen LogP contribution in [0.2, 0.25) is 0 Å². The lowest BCUT2D eigenvalue weighted by Gasteiger charge is -2.73. The normalized spacial score (nSPS) is 35.3. The van der Waals surface area contributed by atoms with E-state index in [1.54, 1.807) is 18.2 Å². The number of methoxy groups -OCH3 is 1. The van der Waals surface area contributed by atoms with Crippen LogP contribution in [0.4, 0.5) is 0 Å². The highest BCUT2D eigenvalue weighted by Gasteiger charge is 2.73. The number of carbonyl (C=O) groups excluding carboxylic acids is 1. The van der Waals surface area contributed by atoms with Crippen molar-refractivity contribution in [3.8, 4) is 34.8 Å². The second-order valence-corrected chi connectivity index (χ2v) is 16.1. The van der Waals surface area contributed by atoms with Crippen LogP contribution in [0.25, 0.3) is 0 Å². The summed E-state index contributed by atoms with van der Waals surface area (Å²) >= 11 is 0. The van der Waals surface area contributed by atoms with Gasteiger partial charge in [-0.1, -0.05) is 54.7 Å². The third-order valence-electron chi connectivity index (χ3n) is 13.6. The molecule has 3 fully saturated rings. The lowest BCUT2D eigenvalue weighted by molar-refractivity contribution is -0.194. The highest BCUT2D eigenvalue weighted by molar-refractivity contribution is 5.81. The summed E-state index contributed by atoms with van der Waals surface area (Å²) in [5.41, 5.74) is 1.82. The van der Waals surface area contributed by atoms with E-state index in [1.807, 2.05) is 37.4 Å². The van der Waals surface area contributed by atoms with Crippen molar-refractivity contribution in [3.05, 3.63) is 82.9 Å². The zero-order valence-electron chi connectivity index (χ0n) is 29.6. The van der Waals surface area contributed by atoms with Crippen LogP contribution in [0.5, 0.6) is 23.0 Å². The van der Waals surface area contributed by atoms with Crippen LogP contribution in [0.1, 0.15) is 85.5 Å². The number of hydrogen-bond acceptors (Lipinski definition) is 8. The van der Waals surface area contributed by atoms with Crippen LogP contribution in [-0.2, 0) is 16.6 Å². The fourth-order valence-electron chi connectivity index (χ4n) is 11.7. The highest BCUT2D eigenvalue weighted by Crippen LogP contribution is 2.70. The summed E-state index contributed by atoms with van der Waals surface area (Å²) in [6, 6.07) is 19.1. The molecule has 2 bridgehead atoms. The minimum Gasteiger partial charge on any atom is -0.504 e. The molecule has 1 heterocycles. The number of phenolic OH excluding ortho intramolecular Hbond substituents is 3. The van der Waals surface area contributed by atoms with Crippen LogP contribution in [0, 0.1) is 35.5 Å². The minimum absolute atomic E-state index is 0.00231. The number of hydrogen-bond donors (Lipinski definition) is 6. The summed E-state index contributed by atoms with van der Waals surface area (Å²) < 4.78 is 5.49. The highest BCUT2D eigenvalue weighted by atomic mass is 16.5. The Kier molecular flexibility index (Phi) is 8.60. The molecule has 8 rings (SSSR count). The van der Waals surface area contributed by atoms with Crippen LogP contribution < -0.4 is 15.4 Å². The molecule has 1 saturated heterocycles. The van der Waals surface area contributed by atoms with Crippen molar-refractivity contribution in [2.24, 2.45) is 23.7 Å². The third kappa shape index (κ3) is 5.34. The molecule has 4 aliphatic carbocycles. The van der Waals surface area contributed by atoms with Crippen LogP contribution in [-0.4, -0.2) is 64.6 Å². The van der Waals surface area contributed by atoms with Gasteiger partial charge in [-0.2, -0.15) is 0 Å².